The average molecular weight is 321 g/mol. The number of benzene rings is 2. The van der Waals surface area contributed by atoms with Gasteiger partial charge in [0.1, 0.15) is 5.82 Å². The minimum absolute atomic E-state index is 0.0671. The molecule has 1 heterocycles. The second kappa shape index (κ2) is 5.92. The molecule has 120 valence electrons. The molecule has 1 fully saturated rings. The Bertz CT molecular complexity index is 875. The zero-order chi connectivity index (χ0) is 16.5. The van der Waals surface area contributed by atoms with E-state index in [0.29, 0.717) is 5.82 Å². The molecule has 4 rings (SSSR count). The van der Waals surface area contributed by atoms with Crippen LogP contribution in [0.1, 0.15) is 17.9 Å². The molecule has 4 nitrogen and oxygen atoms in total. The van der Waals surface area contributed by atoms with Crippen LogP contribution in [0.3, 0.4) is 0 Å². The lowest BCUT2D eigenvalue weighted by Gasteiger charge is -2.03. The van der Waals surface area contributed by atoms with Gasteiger partial charge in [0.2, 0.25) is 5.91 Å². The number of aromatic nitrogens is 2. The molecule has 0 aliphatic heterocycles. The number of nitrogens with zero attached hydrogens (tertiary/aromatic N) is 2. The second-order valence-corrected chi connectivity index (χ2v) is 5.97. The second-order valence-electron chi connectivity index (χ2n) is 5.97. The lowest BCUT2D eigenvalue weighted by molar-refractivity contribution is -0.117. The molecule has 2 aromatic carbocycles. The maximum absolute atomic E-state index is 13.3. The average Bonchev–Trinajstić information content (AvgIpc) is 3.28. The number of hydrogen-bond donors (Lipinski definition) is 1. The Morgan fingerprint density at radius 2 is 1.96 bits per heavy atom. The van der Waals surface area contributed by atoms with Crippen molar-refractivity contribution in [3.05, 3.63) is 78.2 Å². The molecule has 1 aromatic heterocycles. The van der Waals surface area contributed by atoms with E-state index in [9.17, 15) is 9.18 Å². The minimum atomic E-state index is -0.264. The molecule has 0 radical (unpaired) electrons. The Labute approximate surface area is 138 Å². The molecule has 1 aliphatic carbocycles. The lowest BCUT2D eigenvalue weighted by Crippen LogP contribution is -2.15. The van der Waals surface area contributed by atoms with Crippen LogP contribution in [0.25, 0.3) is 5.69 Å². The first-order valence-electron chi connectivity index (χ1n) is 7.88. The summed E-state index contributed by atoms with van der Waals surface area (Å²) >= 11 is 0. The van der Waals surface area contributed by atoms with Crippen molar-refractivity contribution in [1.82, 2.24) is 9.78 Å². The smallest absolute Gasteiger partial charge is 0.229 e. The van der Waals surface area contributed by atoms with E-state index in [0.717, 1.165) is 17.7 Å². The number of halogens is 1. The van der Waals surface area contributed by atoms with Gasteiger partial charge in [0, 0.05) is 18.2 Å². The van der Waals surface area contributed by atoms with Gasteiger partial charge < -0.3 is 5.32 Å². The molecule has 5 heteroatoms. The van der Waals surface area contributed by atoms with Crippen LogP contribution in [0.15, 0.2) is 66.9 Å². The first kappa shape index (κ1) is 14.6. The molecule has 1 amide bonds. The third-order valence-corrected chi connectivity index (χ3v) is 4.27. The van der Waals surface area contributed by atoms with Gasteiger partial charge in [0.05, 0.1) is 5.69 Å². The minimum Gasteiger partial charge on any atom is -0.309 e. The van der Waals surface area contributed by atoms with Crippen LogP contribution in [0.2, 0.25) is 0 Å². The first-order valence-corrected chi connectivity index (χ1v) is 7.88. The van der Waals surface area contributed by atoms with Crippen LogP contribution in [0, 0.1) is 11.7 Å². The predicted molar refractivity (Wildman–Crippen MR) is 89.4 cm³/mol. The maximum atomic E-state index is 13.3. The van der Waals surface area contributed by atoms with E-state index in [2.05, 4.69) is 10.4 Å². The number of carbonyl (C=O) groups excluding carboxylic acids is 1. The highest BCUT2D eigenvalue weighted by molar-refractivity contribution is 5.94. The SMILES string of the molecule is O=C(Nc1ccn(-c2ccccc2)n1)[C@H]1C[C@H]1c1cccc(F)c1. The van der Waals surface area contributed by atoms with E-state index in [1.807, 2.05) is 42.6 Å². The normalized spacial score (nSPS) is 19.0. The van der Waals surface area contributed by atoms with Crippen LogP contribution in [0.5, 0.6) is 0 Å². The molecule has 24 heavy (non-hydrogen) atoms. The van der Waals surface area contributed by atoms with Gasteiger partial charge in [-0.1, -0.05) is 30.3 Å². The largest absolute Gasteiger partial charge is 0.309 e. The molecule has 1 aliphatic rings. The lowest BCUT2D eigenvalue weighted by atomic mass is 10.1. The summed E-state index contributed by atoms with van der Waals surface area (Å²) in [6, 6.07) is 17.9. The Balaban J connectivity index is 1.42. The van der Waals surface area contributed by atoms with Crippen LogP contribution in [-0.4, -0.2) is 15.7 Å². The van der Waals surface area contributed by atoms with Crippen LogP contribution in [-0.2, 0) is 4.79 Å². The summed E-state index contributed by atoms with van der Waals surface area (Å²) in [6.45, 7) is 0. The molecule has 3 aromatic rings. The number of amides is 1. The van der Waals surface area contributed by atoms with Crippen LogP contribution in [0.4, 0.5) is 10.2 Å². The molecule has 2 atom stereocenters. The Kier molecular flexibility index (Phi) is 3.61. The number of anilines is 1. The van der Waals surface area contributed by atoms with E-state index in [4.69, 9.17) is 0 Å². The molecule has 0 bridgehead atoms. The predicted octanol–water partition coefficient (Wildman–Crippen LogP) is 3.75. The summed E-state index contributed by atoms with van der Waals surface area (Å²) < 4.78 is 15.0. The zero-order valence-electron chi connectivity index (χ0n) is 12.9. The van der Waals surface area contributed by atoms with Gasteiger partial charge >= 0.3 is 0 Å². The summed E-state index contributed by atoms with van der Waals surface area (Å²) in [7, 11) is 0. The van der Waals surface area contributed by atoms with Crippen molar-refractivity contribution in [2.45, 2.75) is 12.3 Å². The Morgan fingerprint density at radius 3 is 2.75 bits per heavy atom. The quantitative estimate of drug-likeness (QED) is 0.795. The van der Waals surface area contributed by atoms with E-state index < -0.39 is 0 Å². The molecular formula is C19H16FN3O. The highest BCUT2D eigenvalue weighted by atomic mass is 19.1. The fourth-order valence-corrected chi connectivity index (χ4v) is 2.92. The number of hydrogen-bond acceptors (Lipinski definition) is 2. The fraction of sp³-hybridized carbons (Fsp3) is 0.158. The van der Waals surface area contributed by atoms with E-state index in [1.54, 1.807) is 16.8 Å². The summed E-state index contributed by atoms with van der Waals surface area (Å²) in [6.07, 6.45) is 2.55. The summed E-state index contributed by atoms with van der Waals surface area (Å²) in [5, 5.41) is 7.21. The molecule has 1 N–H and O–H groups in total. The highest BCUT2D eigenvalue weighted by Gasteiger charge is 2.44. The topological polar surface area (TPSA) is 46.9 Å². The molecule has 0 saturated heterocycles. The molecule has 0 unspecified atom stereocenters. The zero-order valence-corrected chi connectivity index (χ0v) is 12.9. The summed E-state index contributed by atoms with van der Waals surface area (Å²) in [5.74, 6) is 0.169. The van der Waals surface area contributed by atoms with Gasteiger partial charge in [-0.05, 0) is 42.2 Å². The number of rotatable bonds is 4. The standard InChI is InChI=1S/C19H16FN3O/c20-14-6-4-5-13(11-14)16-12-17(16)19(24)21-18-9-10-23(22-18)15-7-2-1-3-8-15/h1-11,16-17H,12H2,(H,21,22,24)/t16-,17-/m0/s1. The molecule has 1 saturated carbocycles. The summed E-state index contributed by atoms with van der Waals surface area (Å²) in [5.41, 5.74) is 1.81. The third kappa shape index (κ3) is 2.93. The van der Waals surface area contributed by atoms with Crippen LogP contribution >= 0.6 is 0 Å². The van der Waals surface area contributed by atoms with Gasteiger partial charge in [-0.25, -0.2) is 9.07 Å². The van der Waals surface area contributed by atoms with Crippen molar-refractivity contribution in [3.63, 3.8) is 0 Å². The van der Waals surface area contributed by atoms with E-state index >= 15 is 0 Å². The number of para-hydroxylation sites is 1. The summed E-state index contributed by atoms with van der Waals surface area (Å²) in [4.78, 5) is 12.3. The maximum Gasteiger partial charge on any atom is 0.229 e. The fourth-order valence-electron chi connectivity index (χ4n) is 2.92. The third-order valence-electron chi connectivity index (χ3n) is 4.27. The van der Waals surface area contributed by atoms with E-state index in [-0.39, 0.29) is 23.6 Å². The number of nitrogens with one attached hydrogen (secondary N) is 1. The van der Waals surface area contributed by atoms with Crippen molar-refractivity contribution in [3.8, 4) is 5.69 Å². The molecule has 0 spiro atoms. The monoisotopic (exact) mass is 321 g/mol. The van der Waals surface area contributed by atoms with Crippen molar-refractivity contribution in [1.29, 1.82) is 0 Å². The Morgan fingerprint density at radius 1 is 1.12 bits per heavy atom. The highest BCUT2D eigenvalue weighted by Crippen LogP contribution is 2.48. The van der Waals surface area contributed by atoms with Crippen molar-refractivity contribution >= 4 is 11.7 Å². The first-order chi connectivity index (χ1) is 11.7. The van der Waals surface area contributed by atoms with Crippen LogP contribution < -0.4 is 5.32 Å². The molecular weight excluding hydrogens is 305 g/mol. The van der Waals surface area contributed by atoms with Gasteiger partial charge in [-0.2, -0.15) is 5.10 Å². The van der Waals surface area contributed by atoms with Gasteiger partial charge in [0.15, 0.2) is 5.82 Å². The van der Waals surface area contributed by atoms with Gasteiger partial charge in [-0.15, -0.1) is 0 Å². The van der Waals surface area contributed by atoms with Crippen molar-refractivity contribution < 1.29 is 9.18 Å². The van der Waals surface area contributed by atoms with E-state index in [1.165, 1.54) is 12.1 Å². The Hall–Kier alpha value is -2.95. The van der Waals surface area contributed by atoms with Crippen molar-refractivity contribution in [2.24, 2.45) is 5.92 Å². The van der Waals surface area contributed by atoms with Crippen molar-refractivity contribution in [2.75, 3.05) is 5.32 Å². The van der Waals surface area contributed by atoms with Gasteiger partial charge in [0.25, 0.3) is 0 Å². The number of carbonyl (C=O) groups is 1. The van der Waals surface area contributed by atoms with Gasteiger partial charge in [-0.3, -0.25) is 4.79 Å².